The fraction of sp³-hybridized carbons (Fsp3) is 0.278. The highest BCUT2D eigenvalue weighted by molar-refractivity contribution is 7.89. The van der Waals surface area contributed by atoms with Gasteiger partial charge in [0.25, 0.3) is 5.91 Å². The maximum absolute atomic E-state index is 13.3. The maximum atomic E-state index is 13.3. The summed E-state index contributed by atoms with van der Waals surface area (Å²) in [5, 5.41) is 2.74. The summed E-state index contributed by atoms with van der Waals surface area (Å²) in [5.41, 5.74) is 2.23. The van der Waals surface area contributed by atoms with Crippen molar-refractivity contribution in [2.45, 2.75) is 32.2 Å². The van der Waals surface area contributed by atoms with Crippen LogP contribution in [0.5, 0.6) is 0 Å². The van der Waals surface area contributed by atoms with Crippen LogP contribution in [0, 0.1) is 19.7 Å². The average molecular weight is 364 g/mol. The van der Waals surface area contributed by atoms with E-state index in [2.05, 4.69) is 10.0 Å². The summed E-state index contributed by atoms with van der Waals surface area (Å²) < 4.78 is 39.9. The standard InChI is InChI=1S/C18H21FN2O3S/c1-4-21-25(23,24)15-7-5-12(2)16(10-15)18(22)20-11-14-6-8-17(19)13(3)9-14/h5-10,21H,4,11H2,1-3H3,(H,20,22). The summed E-state index contributed by atoms with van der Waals surface area (Å²) in [6, 6.07) is 9.04. The predicted molar refractivity (Wildman–Crippen MR) is 94.3 cm³/mol. The summed E-state index contributed by atoms with van der Waals surface area (Å²) >= 11 is 0. The number of aryl methyl sites for hydroxylation is 2. The van der Waals surface area contributed by atoms with Crippen molar-refractivity contribution in [2.24, 2.45) is 0 Å². The molecule has 0 aliphatic rings. The van der Waals surface area contributed by atoms with E-state index in [9.17, 15) is 17.6 Å². The molecule has 0 fully saturated rings. The van der Waals surface area contributed by atoms with Crippen LogP contribution in [0.2, 0.25) is 0 Å². The quantitative estimate of drug-likeness (QED) is 0.827. The molecule has 0 atom stereocenters. The monoisotopic (exact) mass is 364 g/mol. The summed E-state index contributed by atoms with van der Waals surface area (Å²) in [4.78, 5) is 12.5. The van der Waals surface area contributed by atoms with Gasteiger partial charge in [-0.15, -0.1) is 0 Å². The molecule has 134 valence electrons. The van der Waals surface area contributed by atoms with Crippen LogP contribution in [-0.2, 0) is 16.6 Å². The van der Waals surface area contributed by atoms with Crippen molar-refractivity contribution < 1.29 is 17.6 Å². The molecule has 0 heterocycles. The Morgan fingerprint density at radius 3 is 2.44 bits per heavy atom. The number of amides is 1. The second-order valence-corrected chi connectivity index (χ2v) is 7.51. The summed E-state index contributed by atoms with van der Waals surface area (Å²) in [6.07, 6.45) is 0. The van der Waals surface area contributed by atoms with Crippen molar-refractivity contribution in [2.75, 3.05) is 6.54 Å². The smallest absolute Gasteiger partial charge is 0.251 e. The lowest BCUT2D eigenvalue weighted by Gasteiger charge is -2.11. The minimum Gasteiger partial charge on any atom is -0.348 e. The Balaban J connectivity index is 2.19. The van der Waals surface area contributed by atoms with E-state index in [0.717, 1.165) is 5.56 Å². The van der Waals surface area contributed by atoms with Gasteiger partial charge < -0.3 is 5.32 Å². The molecule has 0 bridgehead atoms. The number of hydrogen-bond donors (Lipinski definition) is 2. The average Bonchev–Trinajstić information content (AvgIpc) is 2.56. The number of hydrogen-bond acceptors (Lipinski definition) is 3. The number of halogens is 1. The lowest BCUT2D eigenvalue weighted by Crippen LogP contribution is -2.26. The van der Waals surface area contributed by atoms with E-state index >= 15 is 0 Å². The predicted octanol–water partition coefficient (Wildman–Crippen LogP) is 2.67. The van der Waals surface area contributed by atoms with E-state index in [1.54, 1.807) is 39.0 Å². The number of carbonyl (C=O) groups excluding carboxylic acids is 1. The Bertz CT molecular complexity index is 895. The molecule has 0 saturated heterocycles. The van der Waals surface area contributed by atoms with Crippen molar-refractivity contribution >= 4 is 15.9 Å². The van der Waals surface area contributed by atoms with Gasteiger partial charge in [0.05, 0.1) is 4.90 Å². The molecule has 0 spiro atoms. The van der Waals surface area contributed by atoms with Gasteiger partial charge in [-0.1, -0.05) is 25.1 Å². The van der Waals surface area contributed by atoms with E-state index < -0.39 is 10.0 Å². The van der Waals surface area contributed by atoms with Gasteiger partial charge in [0.1, 0.15) is 5.82 Å². The molecule has 2 rings (SSSR count). The molecule has 2 aromatic rings. The molecule has 2 aromatic carbocycles. The number of nitrogens with one attached hydrogen (secondary N) is 2. The summed E-state index contributed by atoms with van der Waals surface area (Å²) in [6.45, 7) is 5.57. The van der Waals surface area contributed by atoms with E-state index in [0.29, 0.717) is 11.1 Å². The third-order valence-electron chi connectivity index (χ3n) is 3.77. The minimum absolute atomic E-state index is 0.0442. The molecule has 7 heteroatoms. The Morgan fingerprint density at radius 2 is 1.80 bits per heavy atom. The lowest BCUT2D eigenvalue weighted by molar-refractivity contribution is 0.0950. The van der Waals surface area contributed by atoms with Gasteiger partial charge in [0.15, 0.2) is 0 Å². The first-order chi connectivity index (χ1) is 11.7. The fourth-order valence-corrected chi connectivity index (χ4v) is 3.45. The Morgan fingerprint density at radius 1 is 1.08 bits per heavy atom. The molecule has 0 unspecified atom stereocenters. The molecule has 2 N–H and O–H groups in total. The van der Waals surface area contributed by atoms with E-state index in [1.807, 2.05) is 0 Å². The van der Waals surface area contributed by atoms with Gasteiger partial charge in [-0.25, -0.2) is 17.5 Å². The topological polar surface area (TPSA) is 75.3 Å². The van der Waals surface area contributed by atoms with Gasteiger partial charge in [0, 0.05) is 18.7 Å². The SMILES string of the molecule is CCNS(=O)(=O)c1ccc(C)c(C(=O)NCc2ccc(F)c(C)c2)c1. The second kappa shape index (κ2) is 7.76. The van der Waals surface area contributed by atoms with E-state index in [-0.39, 0.29) is 35.3 Å². The highest BCUT2D eigenvalue weighted by Gasteiger charge is 2.17. The molecule has 0 aliphatic heterocycles. The van der Waals surface area contributed by atoms with Crippen LogP contribution in [0.1, 0.15) is 34.0 Å². The molecule has 0 saturated carbocycles. The number of carbonyl (C=O) groups is 1. The van der Waals surface area contributed by atoms with Crippen molar-refractivity contribution in [1.29, 1.82) is 0 Å². The Kier molecular flexibility index (Phi) is 5.92. The van der Waals surface area contributed by atoms with Crippen LogP contribution in [-0.4, -0.2) is 20.9 Å². The zero-order valence-electron chi connectivity index (χ0n) is 14.4. The maximum Gasteiger partial charge on any atom is 0.251 e. The molecule has 25 heavy (non-hydrogen) atoms. The number of rotatable bonds is 6. The number of sulfonamides is 1. The van der Waals surface area contributed by atoms with Crippen LogP contribution in [0.3, 0.4) is 0 Å². The summed E-state index contributed by atoms with van der Waals surface area (Å²) in [5.74, 6) is -0.680. The first kappa shape index (κ1) is 19.1. The highest BCUT2D eigenvalue weighted by atomic mass is 32.2. The second-order valence-electron chi connectivity index (χ2n) is 5.74. The van der Waals surface area contributed by atoms with Crippen molar-refractivity contribution in [3.05, 3.63) is 64.5 Å². The van der Waals surface area contributed by atoms with Crippen LogP contribution >= 0.6 is 0 Å². The molecule has 5 nitrogen and oxygen atoms in total. The highest BCUT2D eigenvalue weighted by Crippen LogP contribution is 2.16. The zero-order valence-corrected chi connectivity index (χ0v) is 15.2. The fourth-order valence-electron chi connectivity index (χ4n) is 2.38. The van der Waals surface area contributed by atoms with Crippen molar-refractivity contribution in [3.8, 4) is 0 Å². The molecule has 0 aliphatic carbocycles. The molecule has 1 amide bonds. The molecular formula is C18H21FN2O3S. The lowest BCUT2D eigenvalue weighted by atomic mass is 10.1. The van der Waals surface area contributed by atoms with Crippen LogP contribution in [0.25, 0.3) is 0 Å². The van der Waals surface area contributed by atoms with Gasteiger partial charge in [0.2, 0.25) is 10.0 Å². The van der Waals surface area contributed by atoms with Crippen molar-refractivity contribution in [1.82, 2.24) is 10.0 Å². The minimum atomic E-state index is -3.63. The third kappa shape index (κ3) is 4.64. The van der Waals surface area contributed by atoms with Crippen molar-refractivity contribution in [3.63, 3.8) is 0 Å². The van der Waals surface area contributed by atoms with Gasteiger partial charge in [-0.2, -0.15) is 0 Å². The van der Waals surface area contributed by atoms with E-state index in [1.165, 1.54) is 18.2 Å². The van der Waals surface area contributed by atoms with Crippen LogP contribution < -0.4 is 10.0 Å². The van der Waals surface area contributed by atoms with Crippen LogP contribution in [0.4, 0.5) is 4.39 Å². The molecular weight excluding hydrogens is 343 g/mol. The zero-order chi connectivity index (χ0) is 18.6. The van der Waals surface area contributed by atoms with Gasteiger partial charge in [-0.05, 0) is 48.7 Å². The Labute approximate surface area is 147 Å². The third-order valence-corrected chi connectivity index (χ3v) is 5.32. The Hall–Kier alpha value is -2.25. The van der Waals surface area contributed by atoms with Gasteiger partial charge >= 0.3 is 0 Å². The molecule has 0 aromatic heterocycles. The summed E-state index contributed by atoms with van der Waals surface area (Å²) in [7, 11) is -3.63. The van der Waals surface area contributed by atoms with E-state index in [4.69, 9.17) is 0 Å². The first-order valence-corrected chi connectivity index (χ1v) is 9.36. The van der Waals surface area contributed by atoms with Gasteiger partial charge in [-0.3, -0.25) is 4.79 Å². The largest absolute Gasteiger partial charge is 0.348 e. The first-order valence-electron chi connectivity index (χ1n) is 7.88. The molecule has 0 radical (unpaired) electrons. The normalized spacial score (nSPS) is 11.4. The van der Waals surface area contributed by atoms with Crippen LogP contribution in [0.15, 0.2) is 41.3 Å². The number of benzene rings is 2.